The van der Waals surface area contributed by atoms with E-state index in [1.807, 2.05) is 12.1 Å². The predicted octanol–water partition coefficient (Wildman–Crippen LogP) is 2.76. The maximum Gasteiger partial charge on any atom is 0.122 e. The molecule has 0 aliphatic carbocycles. The summed E-state index contributed by atoms with van der Waals surface area (Å²) < 4.78 is 0. The smallest absolute Gasteiger partial charge is 0.122 e. The van der Waals surface area contributed by atoms with Gasteiger partial charge in [0.1, 0.15) is 5.84 Å². The SMILES string of the molecule is Cc1cc(C(=N)N)ccc1N1CC(C)CC(C)C1. The highest BCUT2D eigenvalue weighted by Crippen LogP contribution is 2.28. The van der Waals surface area contributed by atoms with Crippen LogP contribution in [0.15, 0.2) is 18.2 Å². The first kappa shape index (κ1) is 12.9. The fourth-order valence-corrected chi connectivity index (χ4v) is 3.04. The van der Waals surface area contributed by atoms with Gasteiger partial charge in [-0.1, -0.05) is 13.8 Å². The standard InChI is InChI=1S/C15H23N3/c1-10-6-11(2)9-18(8-10)14-5-4-13(15(16)17)7-12(14)3/h4-5,7,10-11H,6,8-9H2,1-3H3,(H3,16,17). The summed E-state index contributed by atoms with van der Waals surface area (Å²) in [5, 5.41) is 7.48. The third kappa shape index (κ3) is 2.66. The summed E-state index contributed by atoms with van der Waals surface area (Å²) in [5.74, 6) is 1.64. The maximum atomic E-state index is 7.48. The highest BCUT2D eigenvalue weighted by Gasteiger charge is 2.22. The summed E-state index contributed by atoms with van der Waals surface area (Å²) in [4.78, 5) is 2.47. The molecule has 0 radical (unpaired) electrons. The van der Waals surface area contributed by atoms with Crippen LogP contribution >= 0.6 is 0 Å². The summed E-state index contributed by atoms with van der Waals surface area (Å²) in [7, 11) is 0. The van der Waals surface area contributed by atoms with Crippen molar-refractivity contribution < 1.29 is 0 Å². The highest BCUT2D eigenvalue weighted by molar-refractivity contribution is 5.95. The van der Waals surface area contributed by atoms with Crippen molar-refractivity contribution in [2.75, 3.05) is 18.0 Å². The Bertz CT molecular complexity index is 443. The molecule has 2 atom stereocenters. The molecule has 3 heteroatoms. The Balaban J connectivity index is 2.25. The summed E-state index contributed by atoms with van der Waals surface area (Å²) in [6, 6.07) is 6.08. The molecule has 98 valence electrons. The van der Waals surface area contributed by atoms with Gasteiger partial charge in [-0.2, -0.15) is 0 Å². The largest absolute Gasteiger partial charge is 0.384 e. The number of hydrogen-bond acceptors (Lipinski definition) is 2. The summed E-state index contributed by atoms with van der Waals surface area (Å²) in [6.07, 6.45) is 1.32. The van der Waals surface area contributed by atoms with Crippen molar-refractivity contribution in [3.05, 3.63) is 29.3 Å². The molecule has 0 saturated carbocycles. The van der Waals surface area contributed by atoms with Crippen LogP contribution in [0.5, 0.6) is 0 Å². The monoisotopic (exact) mass is 245 g/mol. The van der Waals surface area contributed by atoms with Crippen LogP contribution in [-0.4, -0.2) is 18.9 Å². The third-order valence-electron chi connectivity index (χ3n) is 3.72. The van der Waals surface area contributed by atoms with Crippen LogP contribution < -0.4 is 10.6 Å². The molecule has 1 aromatic rings. The molecule has 2 rings (SSSR count). The molecule has 1 aromatic carbocycles. The van der Waals surface area contributed by atoms with Gasteiger partial charge in [0, 0.05) is 24.3 Å². The molecule has 0 amide bonds. The average Bonchev–Trinajstić information content (AvgIpc) is 2.27. The highest BCUT2D eigenvalue weighted by atomic mass is 15.1. The Morgan fingerprint density at radius 3 is 2.39 bits per heavy atom. The molecular weight excluding hydrogens is 222 g/mol. The van der Waals surface area contributed by atoms with Crippen molar-refractivity contribution >= 4 is 11.5 Å². The van der Waals surface area contributed by atoms with Crippen LogP contribution in [0.2, 0.25) is 0 Å². The van der Waals surface area contributed by atoms with Crippen LogP contribution in [0.4, 0.5) is 5.69 Å². The van der Waals surface area contributed by atoms with Gasteiger partial charge in [-0.25, -0.2) is 0 Å². The molecule has 1 aliphatic rings. The average molecular weight is 245 g/mol. The minimum absolute atomic E-state index is 0.144. The first-order valence-corrected chi connectivity index (χ1v) is 6.67. The number of benzene rings is 1. The Labute approximate surface area is 109 Å². The molecule has 18 heavy (non-hydrogen) atoms. The van der Waals surface area contributed by atoms with Crippen molar-refractivity contribution in [2.24, 2.45) is 17.6 Å². The summed E-state index contributed by atoms with van der Waals surface area (Å²) >= 11 is 0. The van der Waals surface area contributed by atoms with Crippen molar-refractivity contribution in [1.29, 1.82) is 5.41 Å². The Morgan fingerprint density at radius 1 is 1.28 bits per heavy atom. The number of amidine groups is 1. The third-order valence-corrected chi connectivity index (χ3v) is 3.72. The second-order valence-electron chi connectivity index (χ2n) is 5.77. The Morgan fingerprint density at radius 2 is 1.89 bits per heavy atom. The lowest BCUT2D eigenvalue weighted by atomic mass is 9.91. The lowest BCUT2D eigenvalue weighted by molar-refractivity contribution is 0.356. The maximum absolute atomic E-state index is 7.48. The number of piperidine rings is 1. The van der Waals surface area contributed by atoms with Crippen LogP contribution in [0.1, 0.15) is 31.4 Å². The Hall–Kier alpha value is -1.51. The molecule has 2 unspecified atom stereocenters. The van der Waals surface area contributed by atoms with E-state index in [1.165, 1.54) is 17.7 Å². The van der Waals surface area contributed by atoms with E-state index >= 15 is 0 Å². The van der Waals surface area contributed by atoms with E-state index in [-0.39, 0.29) is 5.84 Å². The van der Waals surface area contributed by atoms with E-state index in [2.05, 4.69) is 31.7 Å². The van der Waals surface area contributed by atoms with E-state index in [0.29, 0.717) is 0 Å². The van der Waals surface area contributed by atoms with Gasteiger partial charge in [0.25, 0.3) is 0 Å². The van der Waals surface area contributed by atoms with Crippen LogP contribution in [-0.2, 0) is 0 Å². The molecule has 0 bridgehead atoms. The van der Waals surface area contributed by atoms with Crippen LogP contribution in [0.25, 0.3) is 0 Å². The molecule has 1 fully saturated rings. The number of anilines is 1. The van der Waals surface area contributed by atoms with Crippen molar-refractivity contribution in [3.8, 4) is 0 Å². The van der Waals surface area contributed by atoms with E-state index < -0.39 is 0 Å². The zero-order valence-electron chi connectivity index (χ0n) is 11.5. The van der Waals surface area contributed by atoms with Crippen molar-refractivity contribution in [3.63, 3.8) is 0 Å². The number of nitrogens with one attached hydrogen (secondary N) is 1. The number of rotatable bonds is 2. The van der Waals surface area contributed by atoms with Crippen LogP contribution in [0.3, 0.4) is 0 Å². The number of hydrogen-bond donors (Lipinski definition) is 2. The molecule has 1 heterocycles. The number of nitrogens with zero attached hydrogens (tertiary/aromatic N) is 1. The van der Waals surface area contributed by atoms with Crippen molar-refractivity contribution in [1.82, 2.24) is 0 Å². The van der Waals surface area contributed by atoms with E-state index in [9.17, 15) is 0 Å². The fraction of sp³-hybridized carbons (Fsp3) is 0.533. The van der Waals surface area contributed by atoms with E-state index in [1.54, 1.807) is 0 Å². The molecule has 1 aliphatic heterocycles. The van der Waals surface area contributed by atoms with Gasteiger partial charge < -0.3 is 10.6 Å². The van der Waals surface area contributed by atoms with E-state index in [0.717, 1.165) is 30.5 Å². The zero-order valence-corrected chi connectivity index (χ0v) is 11.5. The van der Waals surface area contributed by atoms with Gasteiger partial charge in [0.2, 0.25) is 0 Å². The van der Waals surface area contributed by atoms with E-state index in [4.69, 9.17) is 11.1 Å². The van der Waals surface area contributed by atoms with Crippen LogP contribution in [0, 0.1) is 24.2 Å². The van der Waals surface area contributed by atoms with Gasteiger partial charge in [0.15, 0.2) is 0 Å². The molecule has 3 N–H and O–H groups in total. The fourth-order valence-electron chi connectivity index (χ4n) is 3.04. The second-order valence-corrected chi connectivity index (χ2v) is 5.77. The van der Waals surface area contributed by atoms with Gasteiger partial charge >= 0.3 is 0 Å². The normalized spacial score (nSPS) is 24.1. The number of nitrogens with two attached hydrogens (primary N) is 1. The topological polar surface area (TPSA) is 53.1 Å². The quantitative estimate of drug-likeness (QED) is 0.622. The molecule has 0 spiro atoms. The minimum atomic E-state index is 0.144. The minimum Gasteiger partial charge on any atom is -0.384 e. The predicted molar refractivity (Wildman–Crippen MR) is 77.4 cm³/mol. The Kier molecular flexibility index (Phi) is 3.60. The number of nitrogen functional groups attached to an aromatic ring is 1. The second kappa shape index (κ2) is 5.01. The summed E-state index contributed by atoms with van der Waals surface area (Å²) in [6.45, 7) is 9.00. The molecular formula is C15H23N3. The molecule has 0 aromatic heterocycles. The molecule has 1 saturated heterocycles. The van der Waals surface area contributed by atoms with Gasteiger partial charge in [0.05, 0.1) is 0 Å². The summed E-state index contributed by atoms with van der Waals surface area (Å²) in [5.41, 5.74) is 8.84. The lowest BCUT2D eigenvalue weighted by Gasteiger charge is -2.37. The zero-order chi connectivity index (χ0) is 13.3. The number of aryl methyl sites for hydroxylation is 1. The van der Waals surface area contributed by atoms with Gasteiger partial charge in [-0.05, 0) is 48.9 Å². The lowest BCUT2D eigenvalue weighted by Crippen LogP contribution is -2.39. The molecule has 3 nitrogen and oxygen atoms in total. The first-order chi connectivity index (χ1) is 8.47. The van der Waals surface area contributed by atoms with Gasteiger partial charge in [-0.15, -0.1) is 0 Å². The van der Waals surface area contributed by atoms with Crippen molar-refractivity contribution in [2.45, 2.75) is 27.2 Å². The van der Waals surface area contributed by atoms with Gasteiger partial charge in [-0.3, -0.25) is 5.41 Å². The first-order valence-electron chi connectivity index (χ1n) is 6.67.